The van der Waals surface area contributed by atoms with Crippen LogP contribution in [0, 0.1) is 0 Å². The van der Waals surface area contributed by atoms with Crippen LogP contribution in [0.5, 0.6) is 0 Å². The lowest BCUT2D eigenvalue weighted by Gasteiger charge is -2.32. The maximum Gasteiger partial charge on any atom is 0.260 e. The summed E-state index contributed by atoms with van der Waals surface area (Å²) in [6.45, 7) is 0.425. The molecule has 36 heavy (non-hydrogen) atoms. The number of aromatic nitrogens is 8. The first-order valence-corrected chi connectivity index (χ1v) is 11.1. The molecule has 4 aromatic heterocycles. The number of rotatable bonds is 5. The predicted octanol–water partition coefficient (Wildman–Crippen LogP) is 0.754. The largest absolute Gasteiger partial charge is 0.382 e. The van der Waals surface area contributed by atoms with Gasteiger partial charge in [0.05, 0.1) is 47.8 Å². The second kappa shape index (κ2) is 8.79. The minimum atomic E-state index is -1.49. The van der Waals surface area contributed by atoms with Gasteiger partial charge in [0.15, 0.2) is 11.9 Å². The smallest absolute Gasteiger partial charge is 0.260 e. The number of anilines is 1. The molecule has 1 amide bonds. The van der Waals surface area contributed by atoms with E-state index in [1.54, 1.807) is 65.9 Å². The molecule has 0 saturated carbocycles. The molecule has 6 rings (SSSR count). The molecule has 180 valence electrons. The number of carbonyl (C=O) groups is 1. The van der Waals surface area contributed by atoms with E-state index in [4.69, 9.17) is 4.74 Å². The van der Waals surface area contributed by atoms with Crippen molar-refractivity contribution in [2.45, 2.75) is 12.2 Å². The Hall–Kier alpha value is -4.75. The summed E-state index contributed by atoms with van der Waals surface area (Å²) in [4.78, 5) is 34.5. The number of hydrogen-bond donors (Lipinski definition) is 3. The maximum absolute atomic E-state index is 13.3. The third kappa shape index (κ3) is 3.81. The third-order valence-corrected chi connectivity index (χ3v) is 5.91. The number of aliphatic hydroxyl groups excluding tert-OH is 1. The summed E-state index contributed by atoms with van der Waals surface area (Å²) < 4.78 is 7.17. The van der Waals surface area contributed by atoms with Gasteiger partial charge in [-0.3, -0.25) is 19.6 Å². The number of amides is 1. The molecule has 1 fully saturated rings. The van der Waals surface area contributed by atoms with Crippen molar-refractivity contribution >= 4 is 22.6 Å². The SMILES string of the molecule is O=C1[C@@H]([C@@H](O)c2nc3ccc(-c4ccn[nH]4)cc3c(=O)[nH]2)OCCN1c1ccn(-c2ccnnc2)n1. The Bertz CT molecular complexity index is 1600. The van der Waals surface area contributed by atoms with Gasteiger partial charge in [0.25, 0.3) is 11.5 Å². The van der Waals surface area contributed by atoms with E-state index in [0.29, 0.717) is 22.4 Å². The molecule has 13 nitrogen and oxygen atoms in total. The molecule has 0 radical (unpaired) electrons. The lowest BCUT2D eigenvalue weighted by atomic mass is 10.1. The molecule has 1 saturated heterocycles. The van der Waals surface area contributed by atoms with E-state index >= 15 is 0 Å². The Morgan fingerprint density at radius 2 is 2.03 bits per heavy atom. The Kier molecular flexibility index (Phi) is 5.32. The highest BCUT2D eigenvalue weighted by atomic mass is 16.5. The molecule has 1 aliphatic heterocycles. The number of hydrogen-bond acceptors (Lipinski definition) is 9. The van der Waals surface area contributed by atoms with Crippen molar-refractivity contribution in [2.24, 2.45) is 0 Å². The molecular weight excluding hydrogens is 466 g/mol. The first-order valence-electron chi connectivity index (χ1n) is 11.1. The number of aliphatic hydroxyl groups is 1. The van der Waals surface area contributed by atoms with Gasteiger partial charge in [-0.1, -0.05) is 6.07 Å². The summed E-state index contributed by atoms with van der Waals surface area (Å²) in [5, 5.41) is 30.1. The zero-order chi connectivity index (χ0) is 24.6. The molecule has 2 atom stereocenters. The van der Waals surface area contributed by atoms with Crippen LogP contribution in [-0.4, -0.2) is 70.4 Å². The van der Waals surface area contributed by atoms with E-state index in [-0.39, 0.29) is 19.0 Å². The Morgan fingerprint density at radius 3 is 2.83 bits per heavy atom. The number of aromatic amines is 2. The van der Waals surface area contributed by atoms with Gasteiger partial charge in [0.1, 0.15) is 11.9 Å². The van der Waals surface area contributed by atoms with Crippen molar-refractivity contribution in [2.75, 3.05) is 18.1 Å². The lowest BCUT2D eigenvalue weighted by molar-refractivity contribution is -0.143. The third-order valence-electron chi connectivity index (χ3n) is 5.91. The van der Waals surface area contributed by atoms with Gasteiger partial charge in [-0.2, -0.15) is 15.3 Å². The van der Waals surface area contributed by atoms with Crippen LogP contribution in [0.1, 0.15) is 11.9 Å². The fourth-order valence-corrected chi connectivity index (χ4v) is 4.11. The molecule has 13 heteroatoms. The molecule has 0 aliphatic carbocycles. The van der Waals surface area contributed by atoms with Crippen molar-refractivity contribution in [3.05, 3.63) is 77.4 Å². The van der Waals surface area contributed by atoms with Crippen LogP contribution in [0.2, 0.25) is 0 Å². The molecule has 5 aromatic rings. The normalized spacial score (nSPS) is 17.0. The van der Waals surface area contributed by atoms with Crippen LogP contribution in [0.3, 0.4) is 0 Å². The van der Waals surface area contributed by atoms with Crippen LogP contribution < -0.4 is 10.5 Å². The zero-order valence-corrected chi connectivity index (χ0v) is 18.6. The monoisotopic (exact) mass is 485 g/mol. The van der Waals surface area contributed by atoms with Gasteiger partial charge >= 0.3 is 0 Å². The highest BCUT2D eigenvalue weighted by Crippen LogP contribution is 2.26. The summed E-state index contributed by atoms with van der Waals surface area (Å²) in [6.07, 6.45) is 3.64. The quantitative estimate of drug-likeness (QED) is 0.325. The van der Waals surface area contributed by atoms with E-state index in [1.807, 2.05) is 0 Å². The molecule has 0 unspecified atom stereocenters. The number of carbonyl (C=O) groups excluding carboxylic acids is 1. The minimum absolute atomic E-state index is 0.0598. The molecular formula is C23H19N9O4. The maximum atomic E-state index is 13.3. The fraction of sp³-hybridized carbons (Fsp3) is 0.174. The van der Waals surface area contributed by atoms with Crippen molar-refractivity contribution in [1.82, 2.24) is 40.1 Å². The minimum Gasteiger partial charge on any atom is -0.382 e. The van der Waals surface area contributed by atoms with Crippen molar-refractivity contribution < 1.29 is 14.6 Å². The average Bonchev–Trinajstić information content (AvgIpc) is 3.62. The van der Waals surface area contributed by atoms with Gasteiger partial charge in [-0.25, -0.2) is 9.67 Å². The number of morpholine rings is 1. The highest BCUT2D eigenvalue weighted by Gasteiger charge is 2.38. The summed E-state index contributed by atoms with van der Waals surface area (Å²) >= 11 is 0. The first kappa shape index (κ1) is 21.8. The van der Waals surface area contributed by atoms with Gasteiger partial charge in [0.2, 0.25) is 0 Å². The zero-order valence-electron chi connectivity index (χ0n) is 18.6. The molecule has 0 bridgehead atoms. The first-order chi connectivity index (χ1) is 17.6. The lowest BCUT2D eigenvalue weighted by Crippen LogP contribution is -2.50. The summed E-state index contributed by atoms with van der Waals surface area (Å²) in [5.74, 6) is -0.164. The van der Waals surface area contributed by atoms with Crippen molar-refractivity contribution in [1.29, 1.82) is 0 Å². The van der Waals surface area contributed by atoms with Crippen LogP contribution in [0.25, 0.3) is 27.8 Å². The van der Waals surface area contributed by atoms with Gasteiger partial charge in [0, 0.05) is 24.0 Å². The standard InChI is InChI=1S/C23H19N9O4/c33-19(21-27-17-2-1-13(16-4-7-25-29-16)11-15(17)22(34)28-21)20-23(35)31(9-10-36-20)18-5-8-32(30-18)14-3-6-24-26-12-14/h1-8,11-12,19-20,33H,9-10H2,(H,25,29)(H,27,28,34)/t19-,20-/m1/s1. The Labute approximate surface area is 202 Å². The topological polar surface area (TPSA) is 168 Å². The van der Waals surface area contributed by atoms with Crippen LogP contribution in [0.15, 0.2) is 66.0 Å². The van der Waals surface area contributed by atoms with Crippen molar-refractivity contribution in [3.8, 4) is 16.9 Å². The number of nitrogens with zero attached hydrogens (tertiary/aromatic N) is 7. The summed E-state index contributed by atoms with van der Waals surface area (Å²) in [7, 11) is 0. The average molecular weight is 485 g/mol. The molecule has 5 heterocycles. The van der Waals surface area contributed by atoms with E-state index < -0.39 is 23.7 Å². The summed E-state index contributed by atoms with van der Waals surface area (Å²) in [5.41, 5.74) is 2.14. The van der Waals surface area contributed by atoms with Crippen LogP contribution in [-0.2, 0) is 9.53 Å². The number of benzene rings is 1. The molecule has 1 aromatic carbocycles. The fourth-order valence-electron chi connectivity index (χ4n) is 4.11. The summed E-state index contributed by atoms with van der Waals surface area (Å²) in [6, 6.07) is 10.3. The molecule has 0 spiro atoms. The van der Waals surface area contributed by atoms with Crippen molar-refractivity contribution in [3.63, 3.8) is 0 Å². The van der Waals surface area contributed by atoms with Gasteiger partial charge in [-0.05, 0) is 24.3 Å². The highest BCUT2D eigenvalue weighted by molar-refractivity contribution is 5.97. The van der Waals surface area contributed by atoms with Gasteiger partial charge < -0.3 is 14.8 Å². The number of H-pyrrole nitrogens is 2. The number of nitrogens with one attached hydrogen (secondary N) is 2. The van der Waals surface area contributed by atoms with Crippen LogP contribution in [0.4, 0.5) is 5.82 Å². The van der Waals surface area contributed by atoms with Crippen LogP contribution >= 0.6 is 0 Å². The number of ether oxygens (including phenoxy) is 1. The van der Waals surface area contributed by atoms with Gasteiger partial charge in [-0.15, -0.1) is 5.10 Å². The number of fused-ring (bicyclic) bond motifs is 1. The molecule has 1 aliphatic rings. The Morgan fingerprint density at radius 1 is 1.11 bits per heavy atom. The molecule has 3 N–H and O–H groups in total. The van der Waals surface area contributed by atoms with E-state index in [1.165, 1.54) is 4.90 Å². The Balaban J connectivity index is 1.27. The van der Waals surface area contributed by atoms with E-state index in [0.717, 1.165) is 11.3 Å². The van der Waals surface area contributed by atoms with E-state index in [9.17, 15) is 14.7 Å². The predicted molar refractivity (Wildman–Crippen MR) is 126 cm³/mol. The van der Waals surface area contributed by atoms with E-state index in [2.05, 4.69) is 35.5 Å². The second-order valence-corrected chi connectivity index (χ2v) is 8.10. The second-order valence-electron chi connectivity index (χ2n) is 8.10.